The van der Waals surface area contributed by atoms with Gasteiger partial charge in [-0.05, 0) is 89.9 Å². The maximum absolute atomic E-state index is 13.2. The molecule has 1 aliphatic rings. The highest BCUT2D eigenvalue weighted by Gasteiger charge is 2.44. The highest BCUT2D eigenvalue weighted by molar-refractivity contribution is 5.76. The number of aliphatic hydroxyl groups is 5. The second-order valence-corrected chi connectivity index (χ2v) is 28.9. The van der Waals surface area contributed by atoms with Crippen LogP contribution in [-0.4, -0.2) is 87.5 Å². The van der Waals surface area contributed by atoms with E-state index < -0.39 is 49.5 Å². The van der Waals surface area contributed by atoms with Crippen molar-refractivity contribution in [1.82, 2.24) is 5.32 Å². The van der Waals surface area contributed by atoms with E-state index in [4.69, 9.17) is 9.47 Å². The molecule has 0 spiro atoms. The van der Waals surface area contributed by atoms with Crippen molar-refractivity contribution >= 4 is 5.91 Å². The molecule has 1 rings (SSSR count). The number of carbonyl (C=O) groups is 1. The fourth-order valence-electron chi connectivity index (χ4n) is 13.2. The highest BCUT2D eigenvalue weighted by atomic mass is 16.7. The number of amides is 1. The molecular formula is C88H159NO8. The van der Waals surface area contributed by atoms with Crippen LogP contribution in [0.1, 0.15) is 399 Å². The minimum atomic E-state index is -1.58. The summed E-state index contributed by atoms with van der Waals surface area (Å²) in [7, 11) is 0. The van der Waals surface area contributed by atoms with Gasteiger partial charge in [0, 0.05) is 6.42 Å². The van der Waals surface area contributed by atoms with E-state index in [0.717, 1.165) is 77.0 Å². The van der Waals surface area contributed by atoms with Gasteiger partial charge < -0.3 is 40.3 Å². The van der Waals surface area contributed by atoms with Crippen LogP contribution in [0.2, 0.25) is 0 Å². The average molecular weight is 1360 g/mol. The molecule has 1 heterocycles. The van der Waals surface area contributed by atoms with Crippen LogP contribution in [0.5, 0.6) is 0 Å². The molecule has 0 aromatic heterocycles. The summed E-state index contributed by atoms with van der Waals surface area (Å²) >= 11 is 0. The third kappa shape index (κ3) is 63.7. The van der Waals surface area contributed by atoms with E-state index in [1.807, 2.05) is 6.08 Å². The molecule has 7 atom stereocenters. The van der Waals surface area contributed by atoms with E-state index in [1.54, 1.807) is 6.08 Å². The summed E-state index contributed by atoms with van der Waals surface area (Å²) in [5.41, 5.74) is 0. The number of hydrogen-bond donors (Lipinski definition) is 6. The lowest BCUT2D eigenvalue weighted by Crippen LogP contribution is -2.60. The molecule has 0 aliphatic carbocycles. The molecule has 1 fully saturated rings. The van der Waals surface area contributed by atoms with Crippen LogP contribution < -0.4 is 5.32 Å². The lowest BCUT2D eigenvalue weighted by Gasteiger charge is -2.40. The summed E-state index contributed by atoms with van der Waals surface area (Å²) in [5, 5.41) is 54.9. The van der Waals surface area contributed by atoms with E-state index in [0.29, 0.717) is 6.42 Å². The summed E-state index contributed by atoms with van der Waals surface area (Å²) in [6.07, 6.45) is 104. The first kappa shape index (κ1) is 92.1. The van der Waals surface area contributed by atoms with Gasteiger partial charge in [-0.25, -0.2) is 0 Å². The van der Waals surface area contributed by atoms with Crippen molar-refractivity contribution in [3.05, 3.63) is 97.2 Å². The minimum absolute atomic E-state index is 0.185. The van der Waals surface area contributed by atoms with Crippen molar-refractivity contribution in [2.75, 3.05) is 13.2 Å². The van der Waals surface area contributed by atoms with E-state index in [1.165, 1.54) is 302 Å². The molecule has 0 saturated carbocycles. The van der Waals surface area contributed by atoms with Crippen molar-refractivity contribution in [2.24, 2.45) is 0 Å². The van der Waals surface area contributed by atoms with E-state index in [9.17, 15) is 30.3 Å². The molecule has 9 heteroatoms. The number of unbranched alkanes of at least 4 members (excludes halogenated alkanes) is 50. The van der Waals surface area contributed by atoms with Gasteiger partial charge >= 0.3 is 0 Å². The SMILES string of the molecule is CC/C=C\C/C=C\C/C=C\C/C=C\C/C=C\CCCCCCCCCCCCCCCCCCCCCCCCCCCC(=O)NC(COC1OC(CO)C(O)C(O)C1O)C(O)/C=C/CC/C=C/CC/C=C/CCCCCCCCCCCCCCCCCCCCCCCCC. The number of aliphatic hydroxyl groups excluding tert-OH is 5. The number of nitrogens with one attached hydrogen (secondary N) is 1. The van der Waals surface area contributed by atoms with Crippen LogP contribution in [0.3, 0.4) is 0 Å². The number of allylic oxidation sites excluding steroid dienone is 15. The molecule has 1 saturated heterocycles. The standard InChI is InChI=1S/C88H159NO8/c1-3-5-7-9-11-13-15-17-19-21-23-25-27-29-31-33-35-37-38-39-40-41-42-43-44-46-48-50-52-54-56-58-60-62-64-66-68-70-72-74-76-78-84(92)89-81(80-96-88-87(95)86(94)85(93)83(79-90)97-88)82(91)77-75-73-71-69-67-65-63-61-59-57-55-53-51-49-47-45-36-34-32-30-28-26-24-22-20-18-16-14-12-10-8-6-4-2/h5,7,11,13,17,19,23,25,29,31,59,61,67,69,75,77,81-83,85-88,90-91,93-95H,3-4,6,8-10,12,14-16,18,20-22,24,26-28,30,32-58,60,62-66,68,70-74,76,78-80H2,1-2H3,(H,89,92)/b7-5-,13-11-,19-17-,25-23-,31-29-,61-59+,69-67+,77-75+. The molecule has 97 heavy (non-hydrogen) atoms. The van der Waals surface area contributed by atoms with Crippen LogP contribution >= 0.6 is 0 Å². The van der Waals surface area contributed by atoms with Gasteiger partial charge in [0.25, 0.3) is 0 Å². The third-order valence-corrected chi connectivity index (χ3v) is 19.6. The fourth-order valence-corrected chi connectivity index (χ4v) is 13.2. The largest absolute Gasteiger partial charge is 0.394 e. The minimum Gasteiger partial charge on any atom is -0.394 e. The molecule has 1 aliphatic heterocycles. The molecule has 6 N–H and O–H groups in total. The van der Waals surface area contributed by atoms with Gasteiger partial charge in [0.05, 0.1) is 25.4 Å². The van der Waals surface area contributed by atoms with Gasteiger partial charge in [-0.1, -0.05) is 400 Å². The topological polar surface area (TPSA) is 149 Å². The highest BCUT2D eigenvalue weighted by Crippen LogP contribution is 2.24. The number of hydrogen-bond acceptors (Lipinski definition) is 8. The predicted molar refractivity (Wildman–Crippen MR) is 419 cm³/mol. The Morgan fingerprint density at radius 3 is 0.990 bits per heavy atom. The van der Waals surface area contributed by atoms with Gasteiger partial charge in [0.2, 0.25) is 5.91 Å². The Balaban J connectivity index is 2.07. The lowest BCUT2D eigenvalue weighted by atomic mass is 9.99. The van der Waals surface area contributed by atoms with Gasteiger partial charge in [0.1, 0.15) is 24.4 Å². The zero-order chi connectivity index (χ0) is 69.9. The summed E-state index contributed by atoms with van der Waals surface area (Å²) in [6.45, 7) is 3.69. The molecule has 0 aromatic carbocycles. The Morgan fingerprint density at radius 1 is 0.361 bits per heavy atom. The van der Waals surface area contributed by atoms with Crippen molar-refractivity contribution in [1.29, 1.82) is 0 Å². The molecule has 1 amide bonds. The van der Waals surface area contributed by atoms with Crippen LogP contribution in [0.15, 0.2) is 97.2 Å². The van der Waals surface area contributed by atoms with Crippen LogP contribution in [0, 0.1) is 0 Å². The summed E-state index contributed by atoms with van der Waals surface area (Å²) in [6, 6.07) is -0.833. The smallest absolute Gasteiger partial charge is 0.220 e. The molecule has 0 radical (unpaired) electrons. The van der Waals surface area contributed by atoms with E-state index >= 15 is 0 Å². The maximum atomic E-state index is 13.2. The Labute approximate surface area is 600 Å². The summed E-state index contributed by atoms with van der Waals surface area (Å²) in [4.78, 5) is 13.2. The van der Waals surface area contributed by atoms with Gasteiger partial charge in [0.15, 0.2) is 6.29 Å². The maximum Gasteiger partial charge on any atom is 0.220 e. The average Bonchev–Trinajstić information content (AvgIpc) is 0.854. The van der Waals surface area contributed by atoms with Crippen LogP contribution in [0.25, 0.3) is 0 Å². The lowest BCUT2D eigenvalue weighted by molar-refractivity contribution is -0.302. The molecule has 0 bridgehead atoms. The van der Waals surface area contributed by atoms with Crippen molar-refractivity contribution in [3.63, 3.8) is 0 Å². The molecular weight excluding hydrogens is 1200 g/mol. The molecule has 7 unspecified atom stereocenters. The van der Waals surface area contributed by atoms with Crippen molar-refractivity contribution in [3.8, 4) is 0 Å². The number of ether oxygens (including phenoxy) is 2. The second kappa shape index (κ2) is 75.8. The second-order valence-electron chi connectivity index (χ2n) is 28.9. The Bertz CT molecular complexity index is 1870. The molecule has 564 valence electrons. The van der Waals surface area contributed by atoms with Crippen molar-refractivity contribution < 1.29 is 39.8 Å². The summed E-state index contributed by atoms with van der Waals surface area (Å²) in [5.74, 6) is -0.185. The Kier molecular flexibility index (Phi) is 72.0. The number of carbonyl (C=O) groups excluding carboxylic acids is 1. The normalized spacial score (nSPS) is 17.9. The van der Waals surface area contributed by atoms with Crippen LogP contribution in [-0.2, 0) is 14.3 Å². The first-order valence-electron chi connectivity index (χ1n) is 42.0. The fraction of sp³-hybridized carbons (Fsp3) is 0.807. The first-order chi connectivity index (χ1) is 47.8. The summed E-state index contributed by atoms with van der Waals surface area (Å²) < 4.78 is 11.3. The van der Waals surface area contributed by atoms with Gasteiger partial charge in [-0.3, -0.25) is 4.79 Å². The van der Waals surface area contributed by atoms with E-state index in [2.05, 4.69) is 104 Å². The number of rotatable bonds is 74. The van der Waals surface area contributed by atoms with Crippen LogP contribution in [0.4, 0.5) is 0 Å². The molecule has 0 aromatic rings. The zero-order valence-electron chi connectivity index (χ0n) is 63.6. The Hall–Kier alpha value is -2.89. The molecule has 9 nitrogen and oxygen atoms in total. The predicted octanol–water partition coefficient (Wildman–Crippen LogP) is 24.5. The first-order valence-corrected chi connectivity index (χ1v) is 42.0. The van der Waals surface area contributed by atoms with E-state index in [-0.39, 0.29) is 12.5 Å². The van der Waals surface area contributed by atoms with Gasteiger partial charge in [-0.2, -0.15) is 0 Å². The zero-order valence-corrected chi connectivity index (χ0v) is 63.6. The quantitative estimate of drug-likeness (QED) is 0.0261. The van der Waals surface area contributed by atoms with Crippen molar-refractivity contribution in [2.45, 2.75) is 442 Å². The van der Waals surface area contributed by atoms with Gasteiger partial charge in [-0.15, -0.1) is 0 Å². The monoisotopic (exact) mass is 1360 g/mol. The Morgan fingerprint density at radius 2 is 0.649 bits per heavy atom. The third-order valence-electron chi connectivity index (χ3n) is 19.6.